The number of guanidine groups is 1. The Morgan fingerprint density at radius 3 is 2.27 bits per heavy atom. The van der Waals surface area contributed by atoms with Crippen LogP contribution in [-0.4, -0.2) is 73.9 Å². The number of nitrogens with zero attached hydrogens (tertiary/aromatic N) is 3. The largest absolute Gasteiger partial charge is 0.355 e. The molecule has 3 aliphatic rings. The van der Waals surface area contributed by atoms with Gasteiger partial charge < -0.3 is 15.5 Å². The van der Waals surface area contributed by atoms with E-state index >= 15 is 0 Å². The van der Waals surface area contributed by atoms with E-state index in [9.17, 15) is 9.59 Å². The summed E-state index contributed by atoms with van der Waals surface area (Å²) in [5.41, 5.74) is -0.0117. The van der Waals surface area contributed by atoms with Gasteiger partial charge in [0.2, 0.25) is 11.8 Å². The maximum atomic E-state index is 12.7. The Balaban J connectivity index is 1.49. The van der Waals surface area contributed by atoms with Crippen LogP contribution < -0.4 is 10.6 Å². The van der Waals surface area contributed by atoms with Crippen LogP contribution in [0.5, 0.6) is 0 Å². The molecular weight excluding hydrogens is 330 g/mol. The van der Waals surface area contributed by atoms with Gasteiger partial charge in [0.1, 0.15) is 0 Å². The SMILES string of the molecule is CN=C(NCCN1C(=O)C2C3C=CC(C3)C2C1=O)NCC(C)(C)N(C)C. The zero-order valence-electron chi connectivity index (χ0n) is 16.5. The predicted octanol–water partition coefficient (Wildman–Crippen LogP) is 0.299. The topological polar surface area (TPSA) is 77.0 Å². The highest BCUT2D eigenvalue weighted by Gasteiger charge is 2.58. The molecule has 2 fully saturated rings. The maximum Gasteiger partial charge on any atom is 0.233 e. The molecule has 4 atom stereocenters. The Kier molecular flexibility index (Phi) is 5.10. The lowest BCUT2D eigenvalue weighted by Gasteiger charge is -2.33. The van der Waals surface area contributed by atoms with Gasteiger partial charge in [-0.2, -0.15) is 0 Å². The third kappa shape index (κ3) is 3.24. The second kappa shape index (κ2) is 7.02. The molecule has 0 radical (unpaired) electrons. The molecular formula is C19H31N5O2. The van der Waals surface area contributed by atoms with Gasteiger partial charge in [-0.3, -0.25) is 19.5 Å². The zero-order chi connectivity index (χ0) is 19.1. The van der Waals surface area contributed by atoms with Gasteiger partial charge in [0, 0.05) is 32.2 Å². The number of aliphatic imine (C=N–C) groups is 1. The van der Waals surface area contributed by atoms with Gasteiger partial charge in [0.15, 0.2) is 5.96 Å². The van der Waals surface area contributed by atoms with Crippen LogP contribution >= 0.6 is 0 Å². The smallest absolute Gasteiger partial charge is 0.233 e. The van der Waals surface area contributed by atoms with Crippen LogP contribution in [0, 0.1) is 23.7 Å². The van der Waals surface area contributed by atoms with Gasteiger partial charge >= 0.3 is 0 Å². The number of rotatable bonds is 6. The molecule has 0 spiro atoms. The number of allylic oxidation sites excluding steroid dienone is 2. The van der Waals surface area contributed by atoms with Crippen molar-refractivity contribution in [2.75, 3.05) is 40.8 Å². The number of fused-ring (bicyclic) bond motifs is 5. The van der Waals surface area contributed by atoms with Crippen molar-refractivity contribution < 1.29 is 9.59 Å². The third-order valence-corrected chi connectivity index (χ3v) is 6.31. The van der Waals surface area contributed by atoms with E-state index in [-0.39, 0.29) is 41.0 Å². The monoisotopic (exact) mass is 361 g/mol. The molecule has 2 amide bonds. The summed E-state index contributed by atoms with van der Waals surface area (Å²) >= 11 is 0. The van der Waals surface area contributed by atoms with Crippen molar-refractivity contribution in [2.24, 2.45) is 28.7 Å². The van der Waals surface area contributed by atoms with Crippen LogP contribution in [0.15, 0.2) is 17.1 Å². The summed E-state index contributed by atoms with van der Waals surface area (Å²) in [7, 11) is 5.81. The lowest BCUT2D eigenvalue weighted by Crippen LogP contribution is -2.51. The van der Waals surface area contributed by atoms with Gasteiger partial charge in [0.25, 0.3) is 0 Å². The Morgan fingerprint density at radius 1 is 1.19 bits per heavy atom. The molecule has 26 heavy (non-hydrogen) atoms. The first-order chi connectivity index (χ1) is 12.3. The van der Waals surface area contributed by atoms with Crippen molar-refractivity contribution in [1.29, 1.82) is 0 Å². The van der Waals surface area contributed by atoms with Gasteiger partial charge in [0.05, 0.1) is 11.8 Å². The van der Waals surface area contributed by atoms with Crippen LogP contribution in [-0.2, 0) is 9.59 Å². The minimum Gasteiger partial charge on any atom is -0.355 e. The number of hydrogen-bond acceptors (Lipinski definition) is 4. The van der Waals surface area contributed by atoms with Gasteiger partial charge in [-0.25, -0.2) is 0 Å². The minimum absolute atomic E-state index is 0.00957. The van der Waals surface area contributed by atoms with E-state index in [1.54, 1.807) is 7.05 Å². The summed E-state index contributed by atoms with van der Waals surface area (Å²) in [6, 6.07) is 0. The van der Waals surface area contributed by atoms with E-state index in [1.807, 2.05) is 14.1 Å². The molecule has 0 aromatic heterocycles. The van der Waals surface area contributed by atoms with Crippen molar-refractivity contribution in [3.8, 4) is 0 Å². The Labute approximate surface area is 155 Å². The summed E-state index contributed by atoms with van der Waals surface area (Å²) in [6.07, 6.45) is 5.21. The van der Waals surface area contributed by atoms with Crippen LogP contribution in [0.4, 0.5) is 0 Å². The minimum atomic E-state index is -0.115. The van der Waals surface area contributed by atoms with Crippen LogP contribution in [0.25, 0.3) is 0 Å². The fraction of sp³-hybridized carbons (Fsp3) is 0.737. The summed E-state index contributed by atoms with van der Waals surface area (Å²) in [5.74, 6) is 1.00. The molecule has 0 aromatic rings. The van der Waals surface area contributed by atoms with Crippen LogP contribution in [0.1, 0.15) is 20.3 Å². The normalized spacial score (nSPS) is 30.5. The molecule has 1 saturated heterocycles. The maximum absolute atomic E-state index is 12.7. The number of nitrogens with one attached hydrogen (secondary N) is 2. The summed E-state index contributed by atoms with van der Waals surface area (Å²) in [6.45, 7) is 5.93. The fourth-order valence-electron chi connectivity index (χ4n) is 4.15. The number of hydrogen-bond donors (Lipinski definition) is 2. The average Bonchev–Trinajstić information content (AvgIpc) is 3.26. The summed E-state index contributed by atoms with van der Waals surface area (Å²) in [4.78, 5) is 33.1. The summed E-state index contributed by atoms with van der Waals surface area (Å²) in [5, 5.41) is 6.51. The first-order valence-corrected chi connectivity index (χ1v) is 9.42. The first-order valence-electron chi connectivity index (χ1n) is 9.42. The fourth-order valence-corrected chi connectivity index (χ4v) is 4.15. The van der Waals surface area contributed by atoms with Gasteiger partial charge in [-0.1, -0.05) is 12.2 Å². The molecule has 0 aromatic carbocycles. The quantitative estimate of drug-likeness (QED) is 0.308. The molecule has 3 rings (SSSR count). The molecule has 2 N–H and O–H groups in total. The molecule has 2 aliphatic carbocycles. The highest BCUT2D eigenvalue weighted by Crippen LogP contribution is 2.52. The molecule has 1 heterocycles. The predicted molar refractivity (Wildman–Crippen MR) is 102 cm³/mol. The second-order valence-corrected chi connectivity index (χ2v) is 8.39. The van der Waals surface area contributed by atoms with E-state index in [0.717, 1.165) is 13.0 Å². The zero-order valence-corrected chi connectivity index (χ0v) is 16.5. The van der Waals surface area contributed by atoms with Crippen LogP contribution in [0.2, 0.25) is 0 Å². The lowest BCUT2D eigenvalue weighted by atomic mass is 9.85. The van der Waals surface area contributed by atoms with E-state index in [0.29, 0.717) is 19.0 Å². The molecule has 7 nitrogen and oxygen atoms in total. The highest BCUT2D eigenvalue weighted by atomic mass is 16.2. The number of carbonyl (C=O) groups is 2. The van der Waals surface area contributed by atoms with Crippen LogP contribution in [0.3, 0.4) is 0 Å². The second-order valence-electron chi connectivity index (χ2n) is 8.39. The van der Waals surface area contributed by atoms with Crippen molar-refractivity contribution in [3.63, 3.8) is 0 Å². The van der Waals surface area contributed by atoms with E-state index in [2.05, 4.69) is 46.5 Å². The Hall–Kier alpha value is -1.89. The summed E-state index contributed by atoms with van der Waals surface area (Å²) < 4.78 is 0. The molecule has 4 unspecified atom stereocenters. The molecule has 144 valence electrons. The van der Waals surface area contributed by atoms with Crippen molar-refractivity contribution in [2.45, 2.75) is 25.8 Å². The van der Waals surface area contributed by atoms with E-state index < -0.39 is 0 Å². The third-order valence-electron chi connectivity index (χ3n) is 6.31. The van der Waals surface area contributed by atoms with Crippen molar-refractivity contribution in [3.05, 3.63) is 12.2 Å². The average molecular weight is 361 g/mol. The molecule has 1 saturated carbocycles. The number of likely N-dealkylation sites (N-methyl/N-ethyl adjacent to an activating group) is 1. The van der Waals surface area contributed by atoms with Gasteiger partial charge in [-0.15, -0.1) is 0 Å². The number of imide groups is 1. The number of likely N-dealkylation sites (tertiary alicyclic amines) is 1. The Bertz CT molecular complexity index is 610. The van der Waals surface area contributed by atoms with Gasteiger partial charge in [-0.05, 0) is 46.2 Å². The van der Waals surface area contributed by atoms with E-state index in [4.69, 9.17) is 0 Å². The molecule has 7 heteroatoms. The molecule has 1 aliphatic heterocycles. The highest BCUT2D eigenvalue weighted by molar-refractivity contribution is 6.06. The number of carbonyl (C=O) groups excluding carboxylic acids is 2. The van der Waals surface area contributed by atoms with E-state index in [1.165, 1.54) is 4.90 Å². The van der Waals surface area contributed by atoms with Crippen molar-refractivity contribution in [1.82, 2.24) is 20.4 Å². The van der Waals surface area contributed by atoms with Crippen molar-refractivity contribution >= 4 is 17.8 Å². The molecule has 2 bridgehead atoms. The Morgan fingerprint density at radius 2 is 1.77 bits per heavy atom. The lowest BCUT2D eigenvalue weighted by molar-refractivity contribution is -0.140. The first kappa shape index (κ1) is 18.9. The standard InChI is InChI=1S/C19H31N5O2/c1-19(2,23(4)5)11-22-18(20-3)21-8-9-24-16(25)14-12-6-7-13(10-12)15(14)17(24)26/h6-7,12-15H,8-11H2,1-5H3,(H2,20,21,22). The number of amides is 2.